The number of carboxylic acid groups (broad SMARTS) is 1. The van der Waals surface area contributed by atoms with Crippen LogP contribution in [-0.2, 0) is 24.4 Å². The summed E-state index contributed by atoms with van der Waals surface area (Å²) >= 11 is 0. The third-order valence-electron chi connectivity index (χ3n) is 9.28. The molecule has 4 rings (SSSR count). The monoisotopic (exact) mass is 747 g/mol. The highest BCUT2D eigenvalue weighted by Gasteiger charge is 2.27. The van der Waals surface area contributed by atoms with E-state index in [4.69, 9.17) is 9.47 Å². The van der Waals surface area contributed by atoms with Crippen LogP contribution in [0.25, 0.3) is 10.8 Å². The summed E-state index contributed by atoms with van der Waals surface area (Å²) in [4.78, 5) is 37.7. The normalized spacial score (nSPS) is 16.2. The Bertz CT molecular complexity index is 1460. The summed E-state index contributed by atoms with van der Waals surface area (Å²) in [6.45, 7) is 3.16. The highest BCUT2D eigenvalue weighted by molar-refractivity contribution is 7.89. The number of amides is 2. The number of carbonyl (C=O) groups excluding carboxylic acids is 2. The number of hydrogen-bond acceptors (Lipinski definition) is 9. The predicted octanol–water partition coefficient (Wildman–Crippen LogP) is 2.84. The fourth-order valence-electron chi connectivity index (χ4n) is 6.37. The van der Waals surface area contributed by atoms with Crippen LogP contribution in [0.2, 0.25) is 0 Å². The van der Waals surface area contributed by atoms with Gasteiger partial charge in [0.15, 0.2) is 11.5 Å². The molecule has 13 nitrogen and oxygen atoms in total. The van der Waals surface area contributed by atoms with Gasteiger partial charge in [-0.2, -0.15) is 4.72 Å². The summed E-state index contributed by atoms with van der Waals surface area (Å²) in [7, 11) is -1.32. The summed E-state index contributed by atoms with van der Waals surface area (Å²) in [5.74, 6) is -0.366. The predicted molar refractivity (Wildman–Crippen MR) is 192 cm³/mol. The molecule has 0 saturated carbocycles. The van der Waals surface area contributed by atoms with E-state index in [0.29, 0.717) is 34.1 Å². The van der Waals surface area contributed by atoms with Crippen LogP contribution >= 0.6 is 24.8 Å². The number of carbonyl (C=O) groups is 3. The molecular weight excluding hydrogens is 697 g/mol. The average Bonchev–Trinajstić information content (AvgIpc) is 3.08. The average molecular weight is 749 g/mol. The smallest absolute Gasteiger partial charge is 0.323 e. The van der Waals surface area contributed by atoms with Gasteiger partial charge in [-0.25, -0.2) is 8.42 Å². The van der Waals surface area contributed by atoms with Gasteiger partial charge >= 0.3 is 5.97 Å². The summed E-state index contributed by atoms with van der Waals surface area (Å²) < 4.78 is 39.1. The van der Waals surface area contributed by atoms with Gasteiger partial charge in [-0.15, -0.1) is 24.8 Å². The number of aliphatic carboxylic acids is 1. The lowest BCUT2D eigenvalue weighted by Gasteiger charge is -2.27. The molecule has 2 aromatic rings. The van der Waals surface area contributed by atoms with Crippen molar-refractivity contribution in [3.63, 3.8) is 0 Å². The first-order valence-corrected chi connectivity index (χ1v) is 17.9. The summed E-state index contributed by atoms with van der Waals surface area (Å²) in [6.07, 6.45) is 7.88. The van der Waals surface area contributed by atoms with Crippen molar-refractivity contribution in [3.05, 3.63) is 30.3 Å². The van der Waals surface area contributed by atoms with Crippen molar-refractivity contribution < 1.29 is 37.4 Å². The number of carboxylic acids is 1. The molecular formula is C33H51Cl2N5O8S. The first-order valence-electron chi connectivity index (χ1n) is 16.5. The molecule has 2 heterocycles. The Labute approximate surface area is 301 Å². The molecule has 2 aromatic carbocycles. The highest BCUT2D eigenvalue weighted by atomic mass is 35.5. The molecule has 49 heavy (non-hydrogen) atoms. The lowest BCUT2D eigenvalue weighted by molar-refractivity contribution is -0.139. The van der Waals surface area contributed by atoms with Gasteiger partial charge in [0.2, 0.25) is 21.8 Å². The fraction of sp³-hybridized carbons (Fsp3) is 0.606. The van der Waals surface area contributed by atoms with Gasteiger partial charge < -0.3 is 35.8 Å². The van der Waals surface area contributed by atoms with Gasteiger partial charge in [-0.3, -0.25) is 14.4 Å². The molecule has 1 atom stereocenters. The number of benzene rings is 2. The van der Waals surface area contributed by atoms with E-state index in [1.165, 1.54) is 26.4 Å². The molecule has 0 aliphatic carbocycles. The van der Waals surface area contributed by atoms with Crippen molar-refractivity contribution in [3.8, 4) is 11.5 Å². The number of methoxy groups -OCH3 is 2. The maximum absolute atomic E-state index is 13.2. The summed E-state index contributed by atoms with van der Waals surface area (Å²) in [5, 5.41) is 22.9. The molecule has 2 fully saturated rings. The summed E-state index contributed by atoms with van der Waals surface area (Å²) in [5.41, 5.74) is 0. The third-order valence-corrected chi connectivity index (χ3v) is 10.8. The van der Waals surface area contributed by atoms with E-state index in [2.05, 4.69) is 26.0 Å². The van der Waals surface area contributed by atoms with Gasteiger partial charge in [0.05, 0.1) is 25.7 Å². The number of halogens is 2. The lowest BCUT2D eigenvalue weighted by Crippen LogP contribution is -2.50. The van der Waals surface area contributed by atoms with Crippen LogP contribution in [0, 0.1) is 17.8 Å². The Morgan fingerprint density at radius 2 is 1.37 bits per heavy atom. The number of sulfonamides is 1. The third kappa shape index (κ3) is 12.7. The largest absolute Gasteiger partial charge is 0.493 e. The molecule has 0 spiro atoms. The molecule has 0 bridgehead atoms. The Hall–Kier alpha value is -2.88. The Morgan fingerprint density at radius 3 is 1.88 bits per heavy atom. The van der Waals surface area contributed by atoms with E-state index >= 15 is 0 Å². The second kappa shape index (κ2) is 20.7. The highest BCUT2D eigenvalue weighted by Crippen LogP contribution is 2.33. The van der Waals surface area contributed by atoms with E-state index in [1.54, 1.807) is 18.2 Å². The van der Waals surface area contributed by atoms with Crippen molar-refractivity contribution in [2.45, 2.75) is 62.3 Å². The van der Waals surface area contributed by atoms with E-state index in [9.17, 15) is 27.9 Å². The van der Waals surface area contributed by atoms with Crippen LogP contribution in [0.3, 0.4) is 0 Å². The maximum atomic E-state index is 13.2. The second-order valence-electron chi connectivity index (χ2n) is 12.5. The van der Waals surface area contributed by atoms with E-state index in [-0.39, 0.29) is 48.1 Å². The number of piperidine rings is 2. The van der Waals surface area contributed by atoms with Crippen molar-refractivity contribution in [2.24, 2.45) is 17.8 Å². The van der Waals surface area contributed by atoms with E-state index < -0.39 is 34.5 Å². The zero-order valence-corrected chi connectivity index (χ0v) is 30.6. The molecule has 2 aliphatic rings. The SMILES string of the molecule is COc1cc2ccc(S(=O)(=O)NC(CNC(=O)CNC(=O)C(CCC3CCNCC3)CCC3CCNCC3)C(=O)O)cc2cc1OC.Cl.Cl. The molecule has 2 saturated heterocycles. The molecule has 2 aliphatic heterocycles. The topological polar surface area (TPSA) is 184 Å². The number of hydrogen-bond donors (Lipinski definition) is 6. The molecule has 16 heteroatoms. The van der Waals surface area contributed by atoms with Gasteiger partial charge in [0, 0.05) is 12.5 Å². The van der Waals surface area contributed by atoms with Crippen LogP contribution in [-0.4, -0.2) is 90.8 Å². The molecule has 2 amide bonds. The number of rotatable bonds is 17. The zero-order chi connectivity index (χ0) is 33.8. The van der Waals surface area contributed by atoms with Crippen LogP contribution in [0.15, 0.2) is 35.2 Å². The minimum Gasteiger partial charge on any atom is -0.493 e. The van der Waals surface area contributed by atoms with Gasteiger partial charge in [-0.1, -0.05) is 6.07 Å². The molecule has 0 aromatic heterocycles. The van der Waals surface area contributed by atoms with Gasteiger partial charge in [0.1, 0.15) is 6.04 Å². The lowest BCUT2D eigenvalue weighted by atomic mass is 9.84. The molecule has 1 unspecified atom stereocenters. The number of ether oxygens (including phenoxy) is 2. The van der Waals surface area contributed by atoms with Crippen LogP contribution in [0.5, 0.6) is 11.5 Å². The van der Waals surface area contributed by atoms with Crippen molar-refractivity contribution in [1.82, 2.24) is 26.0 Å². The quantitative estimate of drug-likeness (QED) is 0.141. The number of fused-ring (bicyclic) bond motifs is 1. The number of nitrogens with one attached hydrogen (secondary N) is 5. The summed E-state index contributed by atoms with van der Waals surface area (Å²) in [6, 6.07) is 6.04. The van der Waals surface area contributed by atoms with Crippen molar-refractivity contribution in [2.75, 3.05) is 53.5 Å². The van der Waals surface area contributed by atoms with E-state index in [1.807, 2.05) is 0 Å². The van der Waals surface area contributed by atoms with Crippen LogP contribution < -0.4 is 35.5 Å². The molecule has 6 N–H and O–H groups in total. The Balaban J connectivity index is 0.00000417. The van der Waals surface area contributed by atoms with Gasteiger partial charge in [-0.05, 0) is 124 Å². The van der Waals surface area contributed by atoms with Crippen molar-refractivity contribution in [1.29, 1.82) is 0 Å². The van der Waals surface area contributed by atoms with E-state index in [0.717, 1.165) is 77.5 Å². The minimum atomic E-state index is -4.28. The molecule has 276 valence electrons. The standard InChI is InChI=1S/C33H49N5O8S.2ClH/c1-45-29-18-25-7-8-27(17-26(25)19-30(29)46-2)47(43,44)38-28(33(41)42)20-36-31(39)21-37-32(40)24(5-3-22-9-13-34-14-10-22)6-4-23-11-15-35-16-12-23;;/h7-8,17-19,22-24,28,34-35,38H,3-6,9-16,20-21H2,1-2H3,(H,36,39)(H,37,40)(H,41,42);2*1H. The minimum absolute atomic E-state index is 0. The first-order chi connectivity index (χ1) is 22.6. The fourth-order valence-corrected chi connectivity index (χ4v) is 7.59. The second-order valence-corrected chi connectivity index (χ2v) is 14.2. The maximum Gasteiger partial charge on any atom is 0.323 e. The Kier molecular flexibility index (Phi) is 17.9. The van der Waals surface area contributed by atoms with Crippen LogP contribution in [0.4, 0.5) is 0 Å². The van der Waals surface area contributed by atoms with Crippen molar-refractivity contribution >= 4 is 63.4 Å². The first kappa shape index (κ1) is 42.3. The Morgan fingerprint density at radius 1 is 0.837 bits per heavy atom. The van der Waals surface area contributed by atoms with Crippen LogP contribution in [0.1, 0.15) is 51.4 Å². The molecule has 0 radical (unpaired) electrons. The van der Waals surface area contributed by atoms with Gasteiger partial charge in [0.25, 0.3) is 0 Å². The zero-order valence-electron chi connectivity index (χ0n) is 28.1.